The first-order valence-electron chi connectivity index (χ1n) is 13.0. The Balaban J connectivity index is 1.08. The van der Waals surface area contributed by atoms with Crippen molar-refractivity contribution in [1.29, 1.82) is 0 Å². The van der Waals surface area contributed by atoms with Crippen LogP contribution in [0.4, 0.5) is 11.4 Å². The summed E-state index contributed by atoms with van der Waals surface area (Å²) < 4.78 is 0. The molecule has 0 saturated carbocycles. The number of nitrogens with one attached hydrogen (secondary N) is 2. The van der Waals surface area contributed by atoms with Crippen LogP contribution in [0.3, 0.4) is 0 Å². The third-order valence-corrected chi connectivity index (χ3v) is 8.16. The van der Waals surface area contributed by atoms with Crippen molar-refractivity contribution in [2.24, 2.45) is 0 Å². The lowest BCUT2D eigenvalue weighted by Crippen LogP contribution is -2.56. The lowest BCUT2D eigenvalue weighted by Gasteiger charge is -2.43. The molecule has 2 fully saturated rings. The van der Waals surface area contributed by atoms with E-state index in [-0.39, 0.29) is 5.91 Å². The normalized spacial score (nSPS) is 21.5. The molecule has 1 aliphatic carbocycles. The molecule has 2 heterocycles. The number of rotatable bonds is 5. The molecule has 1 amide bonds. The Labute approximate surface area is 208 Å². The molecule has 0 bridgehead atoms. The summed E-state index contributed by atoms with van der Waals surface area (Å²) >= 11 is 0. The number of nitrogens with zero attached hydrogens (tertiary/aromatic N) is 2. The highest BCUT2D eigenvalue weighted by molar-refractivity contribution is 5.93. The molecule has 5 heteroatoms. The van der Waals surface area contributed by atoms with Crippen LogP contribution in [0.25, 0.3) is 0 Å². The van der Waals surface area contributed by atoms with E-state index in [0.29, 0.717) is 12.7 Å². The van der Waals surface area contributed by atoms with Crippen LogP contribution in [-0.4, -0.2) is 36.1 Å². The Morgan fingerprint density at radius 1 is 0.914 bits per heavy atom. The van der Waals surface area contributed by atoms with Crippen LogP contribution in [0, 0.1) is 0 Å². The second-order valence-corrected chi connectivity index (χ2v) is 10.2. The minimum atomic E-state index is -0.415. The Morgan fingerprint density at radius 2 is 1.66 bits per heavy atom. The number of aryl methyl sites for hydroxylation is 1. The van der Waals surface area contributed by atoms with E-state index in [4.69, 9.17) is 0 Å². The minimum absolute atomic E-state index is 0.181. The van der Waals surface area contributed by atoms with Crippen molar-refractivity contribution in [2.75, 3.05) is 30.0 Å². The van der Waals surface area contributed by atoms with Crippen molar-refractivity contribution in [1.82, 2.24) is 10.2 Å². The number of para-hydroxylation sites is 1. The van der Waals surface area contributed by atoms with E-state index in [1.165, 1.54) is 41.6 Å². The fourth-order valence-electron chi connectivity index (χ4n) is 6.18. The summed E-state index contributed by atoms with van der Waals surface area (Å²) in [7, 11) is 0. The summed E-state index contributed by atoms with van der Waals surface area (Å²) in [6, 6.07) is 28.5. The van der Waals surface area contributed by atoms with Gasteiger partial charge in [-0.05, 0) is 73.1 Å². The Morgan fingerprint density at radius 3 is 2.46 bits per heavy atom. The van der Waals surface area contributed by atoms with Gasteiger partial charge in [0.15, 0.2) is 0 Å². The third kappa shape index (κ3) is 4.30. The van der Waals surface area contributed by atoms with Crippen LogP contribution in [0.5, 0.6) is 0 Å². The fourth-order valence-corrected chi connectivity index (χ4v) is 6.18. The second kappa shape index (κ2) is 9.38. The number of piperidine rings is 1. The summed E-state index contributed by atoms with van der Waals surface area (Å²) in [6.45, 7) is 3.38. The average Bonchev–Trinajstić information content (AvgIpc) is 3.22. The summed E-state index contributed by atoms with van der Waals surface area (Å²) in [5.74, 6) is 0.181. The Kier molecular flexibility index (Phi) is 5.95. The molecule has 6 rings (SSSR count). The predicted octanol–water partition coefficient (Wildman–Crippen LogP) is 5.10. The second-order valence-electron chi connectivity index (χ2n) is 10.2. The molecule has 35 heavy (non-hydrogen) atoms. The number of likely N-dealkylation sites (tertiary alicyclic amines) is 1. The first kappa shape index (κ1) is 22.2. The highest BCUT2D eigenvalue weighted by Crippen LogP contribution is 2.37. The van der Waals surface area contributed by atoms with Gasteiger partial charge in [-0.1, -0.05) is 54.6 Å². The molecular formula is C30H34N4O. The van der Waals surface area contributed by atoms with Crippen molar-refractivity contribution in [3.63, 3.8) is 0 Å². The largest absolute Gasteiger partial charge is 0.378 e. The van der Waals surface area contributed by atoms with Crippen LogP contribution >= 0.6 is 0 Å². The standard InChI is InChI=1S/C30H34N4O/c35-29-30(34(22-31-29)26-9-2-1-3-10-26)17-19-33(20-18-30)21-23-13-15-25(16-14-23)32-28-12-6-8-24-7-4-5-11-27(24)28/h1-5,7,9-11,13-16,28,32H,6,8,12,17-22H2,(H,31,35). The molecule has 5 nitrogen and oxygen atoms in total. The van der Waals surface area contributed by atoms with E-state index in [0.717, 1.165) is 38.2 Å². The van der Waals surface area contributed by atoms with E-state index in [1.807, 2.05) is 18.2 Å². The van der Waals surface area contributed by atoms with Crippen molar-refractivity contribution >= 4 is 17.3 Å². The van der Waals surface area contributed by atoms with E-state index < -0.39 is 5.54 Å². The van der Waals surface area contributed by atoms with Gasteiger partial charge < -0.3 is 15.5 Å². The number of carbonyl (C=O) groups is 1. The molecular weight excluding hydrogens is 432 g/mol. The maximum Gasteiger partial charge on any atom is 0.247 e. The number of hydrogen-bond acceptors (Lipinski definition) is 4. The van der Waals surface area contributed by atoms with Gasteiger partial charge in [-0.2, -0.15) is 0 Å². The van der Waals surface area contributed by atoms with E-state index in [1.54, 1.807) is 0 Å². The lowest BCUT2D eigenvalue weighted by molar-refractivity contribution is -0.125. The van der Waals surface area contributed by atoms with Crippen molar-refractivity contribution < 1.29 is 4.79 Å². The summed E-state index contributed by atoms with van der Waals surface area (Å²) in [5, 5.41) is 6.86. The van der Waals surface area contributed by atoms with Crippen LogP contribution in [-0.2, 0) is 17.8 Å². The van der Waals surface area contributed by atoms with Gasteiger partial charge in [-0.15, -0.1) is 0 Å². The SMILES string of the molecule is O=C1NCN(c2ccccc2)C12CCN(Cc1ccc(NC3CCCc4ccccc43)cc1)CC2. The molecule has 2 aliphatic heterocycles. The van der Waals surface area contributed by atoms with Crippen molar-refractivity contribution in [3.8, 4) is 0 Å². The number of carbonyl (C=O) groups excluding carboxylic acids is 1. The zero-order valence-electron chi connectivity index (χ0n) is 20.2. The lowest BCUT2D eigenvalue weighted by atomic mass is 9.85. The zero-order chi connectivity index (χ0) is 23.7. The monoisotopic (exact) mass is 466 g/mol. The molecule has 1 atom stereocenters. The van der Waals surface area contributed by atoms with Crippen LogP contribution in [0.1, 0.15) is 48.4 Å². The van der Waals surface area contributed by atoms with Crippen LogP contribution < -0.4 is 15.5 Å². The number of amides is 1. The maximum atomic E-state index is 12.9. The molecule has 2 N–H and O–H groups in total. The summed E-state index contributed by atoms with van der Waals surface area (Å²) in [5.41, 5.74) is 6.16. The van der Waals surface area contributed by atoms with Crippen LogP contribution in [0.2, 0.25) is 0 Å². The van der Waals surface area contributed by atoms with Gasteiger partial charge in [-0.3, -0.25) is 9.69 Å². The van der Waals surface area contributed by atoms with E-state index in [9.17, 15) is 4.79 Å². The smallest absolute Gasteiger partial charge is 0.247 e. The van der Waals surface area contributed by atoms with Gasteiger partial charge in [0, 0.05) is 31.0 Å². The quantitative estimate of drug-likeness (QED) is 0.549. The van der Waals surface area contributed by atoms with E-state index in [2.05, 4.69) is 81.1 Å². The highest BCUT2D eigenvalue weighted by atomic mass is 16.2. The van der Waals surface area contributed by atoms with Gasteiger partial charge in [0.2, 0.25) is 5.91 Å². The van der Waals surface area contributed by atoms with Crippen molar-refractivity contribution in [2.45, 2.75) is 50.2 Å². The molecule has 3 aromatic carbocycles. The summed E-state index contributed by atoms with van der Waals surface area (Å²) in [4.78, 5) is 17.7. The highest BCUT2D eigenvalue weighted by Gasteiger charge is 2.50. The number of fused-ring (bicyclic) bond motifs is 1. The Hall–Kier alpha value is -3.31. The molecule has 1 unspecified atom stereocenters. The third-order valence-electron chi connectivity index (χ3n) is 8.16. The topological polar surface area (TPSA) is 47.6 Å². The van der Waals surface area contributed by atoms with Gasteiger partial charge >= 0.3 is 0 Å². The molecule has 1 spiro atoms. The molecule has 3 aromatic rings. The van der Waals surface area contributed by atoms with Gasteiger partial charge in [0.05, 0.1) is 12.7 Å². The molecule has 3 aliphatic rings. The van der Waals surface area contributed by atoms with Crippen molar-refractivity contribution in [3.05, 3.63) is 95.6 Å². The molecule has 0 aromatic heterocycles. The van der Waals surface area contributed by atoms with Gasteiger partial charge in [0.25, 0.3) is 0 Å². The maximum absolute atomic E-state index is 12.9. The minimum Gasteiger partial charge on any atom is -0.378 e. The zero-order valence-corrected chi connectivity index (χ0v) is 20.2. The first-order chi connectivity index (χ1) is 17.2. The van der Waals surface area contributed by atoms with E-state index >= 15 is 0 Å². The van der Waals surface area contributed by atoms with Crippen LogP contribution in [0.15, 0.2) is 78.9 Å². The van der Waals surface area contributed by atoms with Gasteiger partial charge in [-0.25, -0.2) is 0 Å². The fraction of sp³-hybridized carbons (Fsp3) is 0.367. The predicted molar refractivity (Wildman–Crippen MR) is 141 cm³/mol. The Bertz CT molecular complexity index is 1170. The summed E-state index contributed by atoms with van der Waals surface area (Å²) in [6.07, 6.45) is 5.32. The molecule has 180 valence electrons. The average molecular weight is 467 g/mol. The molecule has 2 saturated heterocycles. The number of hydrogen-bond donors (Lipinski definition) is 2. The number of benzene rings is 3. The number of anilines is 2. The molecule has 0 radical (unpaired) electrons. The van der Waals surface area contributed by atoms with Gasteiger partial charge in [0.1, 0.15) is 5.54 Å². The first-order valence-corrected chi connectivity index (χ1v) is 13.0.